The molecule has 0 aliphatic rings. The van der Waals surface area contributed by atoms with Gasteiger partial charge in [-0.2, -0.15) is 4.37 Å². The summed E-state index contributed by atoms with van der Waals surface area (Å²) < 4.78 is 43.8. The molecule has 102 valence electrons. The highest BCUT2D eigenvalue weighted by Crippen LogP contribution is 2.24. The third-order valence-corrected chi connectivity index (χ3v) is 4.56. The van der Waals surface area contributed by atoms with E-state index in [1.54, 1.807) is 13.8 Å². The number of sulfonamides is 1. The largest absolute Gasteiger partial charge is 0.398 e. The van der Waals surface area contributed by atoms with Gasteiger partial charge in [0.1, 0.15) is 16.5 Å². The lowest BCUT2D eigenvalue weighted by Gasteiger charge is -2.08. The van der Waals surface area contributed by atoms with Crippen molar-refractivity contribution in [3.63, 3.8) is 0 Å². The van der Waals surface area contributed by atoms with E-state index >= 15 is 0 Å². The van der Waals surface area contributed by atoms with Crippen molar-refractivity contribution in [3.05, 3.63) is 29.3 Å². The number of halogens is 1. The van der Waals surface area contributed by atoms with Crippen LogP contribution in [-0.2, 0) is 10.0 Å². The molecule has 1 aromatic heterocycles. The lowest BCUT2D eigenvalue weighted by Crippen LogP contribution is -2.15. The van der Waals surface area contributed by atoms with Crippen molar-refractivity contribution in [2.24, 2.45) is 0 Å². The van der Waals surface area contributed by atoms with Gasteiger partial charge in [0.15, 0.2) is 0 Å². The van der Waals surface area contributed by atoms with Crippen molar-refractivity contribution in [2.75, 3.05) is 10.5 Å². The van der Waals surface area contributed by atoms with E-state index in [1.165, 1.54) is 0 Å². The maximum Gasteiger partial charge on any atom is 0.266 e. The average molecular weight is 302 g/mol. The Morgan fingerprint density at radius 2 is 2.05 bits per heavy atom. The Balaban J connectivity index is 2.42. The Morgan fingerprint density at radius 1 is 1.37 bits per heavy atom. The van der Waals surface area contributed by atoms with Gasteiger partial charge in [-0.1, -0.05) is 0 Å². The van der Waals surface area contributed by atoms with E-state index in [2.05, 4.69) is 14.1 Å². The third-order valence-electron chi connectivity index (χ3n) is 2.36. The molecule has 6 nitrogen and oxygen atoms in total. The first-order valence-corrected chi connectivity index (χ1v) is 7.44. The lowest BCUT2D eigenvalue weighted by molar-refractivity contribution is 0.570. The number of rotatable bonds is 3. The molecule has 0 spiro atoms. The molecule has 0 fully saturated rings. The quantitative estimate of drug-likeness (QED) is 0.841. The van der Waals surface area contributed by atoms with Crippen LogP contribution in [-0.4, -0.2) is 17.8 Å². The maximum absolute atomic E-state index is 13.7. The molecule has 9 heteroatoms. The molecule has 0 atom stereocenters. The first-order chi connectivity index (χ1) is 8.79. The first-order valence-electron chi connectivity index (χ1n) is 5.18. The van der Waals surface area contributed by atoms with Crippen LogP contribution in [0.3, 0.4) is 0 Å². The molecule has 0 aliphatic carbocycles. The fraction of sp³-hybridized carbons (Fsp3) is 0.200. The number of nitrogens with two attached hydrogens (primary N) is 1. The van der Waals surface area contributed by atoms with E-state index in [0.29, 0.717) is 11.4 Å². The molecule has 0 unspecified atom stereocenters. The zero-order valence-corrected chi connectivity index (χ0v) is 11.8. The fourth-order valence-corrected chi connectivity index (χ4v) is 3.28. The van der Waals surface area contributed by atoms with Gasteiger partial charge in [-0.25, -0.2) is 17.8 Å². The van der Waals surface area contributed by atoms with Crippen LogP contribution in [0.15, 0.2) is 17.0 Å². The molecule has 0 saturated heterocycles. The summed E-state index contributed by atoms with van der Waals surface area (Å²) in [4.78, 5) is 3.34. The van der Waals surface area contributed by atoms with Gasteiger partial charge in [-0.05, 0) is 31.5 Å². The molecule has 1 heterocycles. The summed E-state index contributed by atoms with van der Waals surface area (Å²) in [7, 11) is -4.07. The summed E-state index contributed by atoms with van der Waals surface area (Å²) in [6.45, 7) is 3.22. The molecule has 19 heavy (non-hydrogen) atoms. The summed E-state index contributed by atoms with van der Waals surface area (Å²) in [6, 6.07) is 2.16. The average Bonchev–Trinajstić information content (AvgIpc) is 2.68. The van der Waals surface area contributed by atoms with Gasteiger partial charge in [0.05, 0.1) is 0 Å². The summed E-state index contributed by atoms with van der Waals surface area (Å²) >= 11 is 0.879. The van der Waals surface area contributed by atoms with Crippen molar-refractivity contribution < 1.29 is 12.8 Å². The topological polar surface area (TPSA) is 98.0 Å². The second-order valence-corrected chi connectivity index (χ2v) is 6.29. The van der Waals surface area contributed by atoms with Crippen molar-refractivity contribution in [1.29, 1.82) is 0 Å². The van der Waals surface area contributed by atoms with Gasteiger partial charge >= 0.3 is 0 Å². The Hall–Kier alpha value is -1.74. The molecular formula is C10H11FN4O2S2. The third kappa shape index (κ3) is 2.82. The number of nitrogens with zero attached hydrogens (tertiary/aromatic N) is 2. The zero-order chi connectivity index (χ0) is 14.2. The number of benzene rings is 1. The summed E-state index contributed by atoms with van der Waals surface area (Å²) in [5.41, 5.74) is 6.28. The zero-order valence-electron chi connectivity index (χ0n) is 10.1. The Kier molecular flexibility index (Phi) is 3.42. The monoisotopic (exact) mass is 302 g/mol. The second kappa shape index (κ2) is 4.74. The normalized spacial score (nSPS) is 11.5. The molecule has 0 amide bonds. The molecule has 1 aromatic carbocycles. The van der Waals surface area contributed by atoms with Gasteiger partial charge in [0, 0.05) is 17.2 Å². The van der Waals surface area contributed by atoms with Gasteiger partial charge < -0.3 is 5.73 Å². The van der Waals surface area contributed by atoms with Gasteiger partial charge in [0.2, 0.25) is 5.13 Å². The number of hydrogen-bond acceptors (Lipinski definition) is 6. The van der Waals surface area contributed by atoms with E-state index in [0.717, 1.165) is 23.7 Å². The summed E-state index contributed by atoms with van der Waals surface area (Å²) in [5.74, 6) is -0.424. The van der Waals surface area contributed by atoms with E-state index < -0.39 is 20.7 Å². The van der Waals surface area contributed by atoms with Crippen LogP contribution in [0.1, 0.15) is 11.4 Å². The number of aryl methyl sites for hydroxylation is 2. The van der Waals surface area contributed by atoms with Crippen LogP contribution in [0.5, 0.6) is 0 Å². The van der Waals surface area contributed by atoms with Crippen LogP contribution in [0, 0.1) is 19.7 Å². The SMILES string of the molecule is Cc1nsc(NS(=O)(=O)c2cc(N)c(C)cc2F)n1. The van der Waals surface area contributed by atoms with Crippen LogP contribution in [0.2, 0.25) is 0 Å². The van der Waals surface area contributed by atoms with E-state index in [1.807, 2.05) is 0 Å². The molecule has 0 saturated carbocycles. The Bertz CT molecular complexity index is 727. The smallest absolute Gasteiger partial charge is 0.266 e. The van der Waals surface area contributed by atoms with Gasteiger partial charge in [0.25, 0.3) is 10.0 Å². The summed E-state index contributed by atoms with van der Waals surface area (Å²) in [6.07, 6.45) is 0. The first kappa shape index (κ1) is 13.7. The van der Waals surface area contributed by atoms with Crippen LogP contribution < -0.4 is 10.5 Å². The van der Waals surface area contributed by atoms with Gasteiger partial charge in [-0.3, -0.25) is 4.72 Å². The predicted molar refractivity (Wildman–Crippen MR) is 71.0 cm³/mol. The van der Waals surface area contributed by atoms with Crippen LogP contribution in [0.25, 0.3) is 0 Å². The Labute approximate surface area is 113 Å². The molecule has 2 aromatic rings. The van der Waals surface area contributed by atoms with Crippen molar-refractivity contribution in [3.8, 4) is 0 Å². The fourth-order valence-electron chi connectivity index (χ4n) is 1.38. The van der Waals surface area contributed by atoms with E-state index in [-0.39, 0.29) is 10.8 Å². The molecule has 0 aliphatic heterocycles. The minimum absolute atomic E-state index is 0.0797. The number of anilines is 2. The van der Waals surface area contributed by atoms with Crippen molar-refractivity contribution >= 4 is 32.4 Å². The highest BCUT2D eigenvalue weighted by Gasteiger charge is 2.21. The van der Waals surface area contributed by atoms with E-state index in [9.17, 15) is 12.8 Å². The molecule has 0 radical (unpaired) electrons. The number of hydrogen-bond donors (Lipinski definition) is 2. The van der Waals surface area contributed by atoms with Crippen LogP contribution >= 0.6 is 11.5 Å². The molecular weight excluding hydrogens is 291 g/mol. The molecule has 2 rings (SSSR count). The number of aromatic nitrogens is 2. The number of nitrogen functional groups attached to an aromatic ring is 1. The molecule has 0 bridgehead atoms. The highest BCUT2D eigenvalue weighted by molar-refractivity contribution is 7.93. The standard InChI is InChI=1S/C10H11FN4O2S2/c1-5-3-7(11)9(4-8(5)12)19(16,17)15-10-13-6(2)14-18-10/h3-4H,12H2,1-2H3,(H,13,14,15). The minimum atomic E-state index is -4.07. The van der Waals surface area contributed by atoms with Crippen molar-refractivity contribution in [2.45, 2.75) is 18.7 Å². The highest BCUT2D eigenvalue weighted by atomic mass is 32.2. The maximum atomic E-state index is 13.7. The molecule has 3 N–H and O–H groups in total. The second-order valence-electron chi connectivity index (χ2n) is 3.89. The lowest BCUT2D eigenvalue weighted by atomic mass is 10.2. The van der Waals surface area contributed by atoms with E-state index in [4.69, 9.17) is 5.73 Å². The van der Waals surface area contributed by atoms with Gasteiger partial charge in [-0.15, -0.1) is 0 Å². The summed E-state index contributed by atoms with van der Waals surface area (Å²) in [5, 5.41) is 0.0797. The minimum Gasteiger partial charge on any atom is -0.398 e. The predicted octanol–water partition coefficient (Wildman–Crippen LogP) is 1.68. The van der Waals surface area contributed by atoms with Crippen LogP contribution in [0.4, 0.5) is 15.2 Å². The number of nitrogens with one attached hydrogen (secondary N) is 1. The van der Waals surface area contributed by atoms with Crippen molar-refractivity contribution in [1.82, 2.24) is 9.36 Å². The Morgan fingerprint density at radius 3 is 2.63 bits per heavy atom.